The summed E-state index contributed by atoms with van der Waals surface area (Å²) in [7, 11) is -4.77. The van der Waals surface area contributed by atoms with E-state index in [0.29, 0.717) is 13.0 Å². The number of aromatic amines is 1. The van der Waals surface area contributed by atoms with E-state index in [4.69, 9.17) is 14.5 Å². The van der Waals surface area contributed by atoms with Crippen LogP contribution >= 0.6 is 7.82 Å². The smallest absolute Gasteiger partial charge is 0.390 e. The molecule has 1 saturated heterocycles. The van der Waals surface area contributed by atoms with Gasteiger partial charge in [-0.15, -0.1) is 0 Å². The third-order valence-corrected chi connectivity index (χ3v) is 5.39. The van der Waals surface area contributed by atoms with Gasteiger partial charge in [-0.1, -0.05) is 30.3 Å². The zero-order chi connectivity index (χ0) is 23.3. The van der Waals surface area contributed by atoms with E-state index in [-0.39, 0.29) is 12.0 Å². The highest BCUT2D eigenvalue weighted by Gasteiger charge is 2.37. The molecular formula is C19H24N3O9P. The molecule has 5 N–H and O–H groups in total. The third-order valence-electron chi connectivity index (χ3n) is 4.90. The van der Waals surface area contributed by atoms with Gasteiger partial charge in [0, 0.05) is 19.2 Å². The first-order valence-electron chi connectivity index (χ1n) is 9.85. The fourth-order valence-corrected chi connectivity index (χ4v) is 3.64. The molecule has 1 fully saturated rings. The SMILES string of the molecule is O=C(NCCCc1ccccc1)c1cn([C@H]2C[C@@H](O)[C@@H](COP(=O)(O)O)O2)c(=O)[nH]c1=O. The van der Waals surface area contributed by atoms with Crippen LogP contribution in [0.5, 0.6) is 0 Å². The number of phosphoric acid groups is 1. The first kappa shape index (κ1) is 24.1. The number of aliphatic hydroxyl groups excluding tert-OH is 1. The maximum atomic E-state index is 12.5. The van der Waals surface area contributed by atoms with Crippen molar-refractivity contribution in [2.24, 2.45) is 0 Å². The van der Waals surface area contributed by atoms with Crippen molar-refractivity contribution < 1.29 is 33.5 Å². The van der Waals surface area contributed by atoms with Crippen molar-refractivity contribution in [2.75, 3.05) is 13.2 Å². The highest BCUT2D eigenvalue weighted by atomic mass is 31.2. The third kappa shape index (κ3) is 6.45. The van der Waals surface area contributed by atoms with Gasteiger partial charge < -0.3 is 24.9 Å². The van der Waals surface area contributed by atoms with E-state index in [2.05, 4.69) is 9.84 Å². The Kier molecular flexibility index (Phi) is 7.77. The Balaban J connectivity index is 1.64. The van der Waals surface area contributed by atoms with Crippen molar-refractivity contribution in [3.8, 4) is 0 Å². The number of rotatable bonds is 9. The van der Waals surface area contributed by atoms with Gasteiger partial charge in [0.25, 0.3) is 11.5 Å². The minimum absolute atomic E-state index is 0.112. The number of carbonyl (C=O) groups is 1. The molecule has 0 unspecified atom stereocenters. The lowest BCUT2D eigenvalue weighted by Gasteiger charge is -2.17. The number of H-pyrrole nitrogens is 1. The molecule has 1 aliphatic heterocycles. The minimum atomic E-state index is -4.77. The van der Waals surface area contributed by atoms with Crippen molar-refractivity contribution in [2.45, 2.75) is 37.7 Å². The molecule has 3 atom stereocenters. The molecule has 2 heterocycles. The summed E-state index contributed by atoms with van der Waals surface area (Å²) in [6, 6.07) is 9.68. The van der Waals surface area contributed by atoms with Crippen molar-refractivity contribution in [1.82, 2.24) is 14.9 Å². The molecule has 174 valence electrons. The monoisotopic (exact) mass is 469 g/mol. The van der Waals surface area contributed by atoms with Gasteiger partial charge in [-0.05, 0) is 18.4 Å². The molecule has 13 heteroatoms. The highest BCUT2D eigenvalue weighted by molar-refractivity contribution is 7.46. The number of aromatic nitrogens is 2. The van der Waals surface area contributed by atoms with Crippen molar-refractivity contribution in [3.05, 3.63) is 68.5 Å². The van der Waals surface area contributed by atoms with Crippen LogP contribution in [-0.2, 0) is 20.2 Å². The van der Waals surface area contributed by atoms with Crippen molar-refractivity contribution in [3.63, 3.8) is 0 Å². The molecule has 0 radical (unpaired) electrons. The Morgan fingerprint density at radius 2 is 2.00 bits per heavy atom. The lowest BCUT2D eigenvalue weighted by Crippen LogP contribution is -2.38. The van der Waals surface area contributed by atoms with Gasteiger partial charge >= 0.3 is 13.5 Å². The normalized spacial score (nSPS) is 20.9. The van der Waals surface area contributed by atoms with E-state index in [9.17, 15) is 24.1 Å². The van der Waals surface area contributed by atoms with Crippen LogP contribution in [0.4, 0.5) is 0 Å². The van der Waals surface area contributed by atoms with Gasteiger partial charge in [-0.25, -0.2) is 9.36 Å². The topological polar surface area (TPSA) is 180 Å². The lowest BCUT2D eigenvalue weighted by molar-refractivity contribution is -0.0451. The minimum Gasteiger partial charge on any atom is -0.390 e. The van der Waals surface area contributed by atoms with E-state index < -0.39 is 50.0 Å². The summed E-state index contributed by atoms with van der Waals surface area (Å²) < 4.78 is 21.6. The first-order valence-corrected chi connectivity index (χ1v) is 11.4. The summed E-state index contributed by atoms with van der Waals surface area (Å²) in [6.07, 6.45) is -1.04. The summed E-state index contributed by atoms with van der Waals surface area (Å²) in [5, 5.41) is 12.7. The van der Waals surface area contributed by atoms with Crippen LogP contribution < -0.4 is 16.6 Å². The Bertz CT molecular complexity index is 1100. The average molecular weight is 469 g/mol. The maximum Gasteiger partial charge on any atom is 0.469 e. The van der Waals surface area contributed by atoms with Crippen LogP contribution in [-0.4, -0.2) is 55.7 Å². The number of benzene rings is 1. The molecule has 12 nitrogen and oxygen atoms in total. The van der Waals surface area contributed by atoms with Gasteiger partial charge in [-0.2, -0.15) is 0 Å². The molecule has 1 aromatic heterocycles. The second-order valence-corrected chi connectivity index (χ2v) is 8.51. The molecule has 1 aliphatic rings. The Labute approximate surface area is 182 Å². The van der Waals surface area contributed by atoms with Crippen molar-refractivity contribution >= 4 is 13.7 Å². The van der Waals surface area contributed by atoms with E-state index in [1.165, 1.54) is 0 Å². The number of aryl methyl sites for hydroxylation is 1. The number of ether oxygens (including phenoxy) is 1. The predicted molar refractivity (Wildman–Crippen MR) is 111 cm³/mol. The molecule has 0 aliphatic carbocycles. The fourth-order valence-electron chi connectivity index (χ4n) is 3.30. The molecule has 0 saturated carbocycles. The number of aliphatic hydroxyl groups is 1. The van der Waals surface area contributed by atoms with Gasteiger partial charge in [-0.3, -0.25) is 23.7 Å². The van der Waals surface area contributed by atoms with E-state index in [0.717, 1.165) is 22.7 Å². The summed E-state index contributed by atoms with van der Waals surface area (Å²) in [5.74, 6) is -0.673. The summed E-state index contributed by atoms with van der Waals surface area (Å²) in [4.78, 5) is 56.4. The van der Waals surface area contributed by atoms with E-state index in [1.807, 2.05) is 35.3 Å². The van der Waals surface area contributed by atoms with Gasteiger partial charge in [0.15, 0.2) is 0 Å². The molecule has 1 amide bonds. The van der Waals surface area contributed by atoms with Crippen LogP contribution in [0.2, 0.25) is 0 Å². The molecular weight excluding hydrogens is 445 g/mol. The molecule has 32 heavy (non-hydrogen) atoms. The number of hydrogen-bond acceptors (Lipinski definition) is 7. The van der Waals surface area contributed by atoms with Gasteiger partial charge in [0.1, 0.15) is 17.9 Å². The maximum absolute atomic E-state index is 12.5. The number of carbonyl (C=O) groups excluding carboxylic acids is 1. The molecule has 3 rings (SSSR count). The van der Waals surface area contributed by atoms with Crippen LogP contribution in [0.3, 0.4) is 0 Å². The fraction of sp³-hybridized carbons (Fsp3) is 0.421. The molecule has 0 spiro atoms. The number of amides is 1. The Hall–Kier alpha value is -2.60. The van der Waals surface area contributed by atoms with Crippen LogP contribution in [0.15, 0.2) is 46.1 Å². The predicted octanol–water partition coefficient (Wildman–Crippen LogP) is -0.343. The highest BCUT2D eigenvalue weighted by Crippen LogP contribution is 2.38. The standard InChI is InChI=1S/C19H24N3O9P/c23-14-9-16(31-15(14)11-30-32(27,28)29)22-10-13(18(25)21-19(22)26)17(24)20-8-4-7-12-5-2-1-3-6-12/h1-3,5-6,10,14-16,23H,4,7-9,11H2,(H,20,24)(H,21,25,26)(H2,27,28,29)/t14-,15-,16-/m1/s1. The van der Waals surface area contributed by atoms with Crippen molar-refractivity contribution in [1.29, 1.82) is 0 Å². The number of nitrogens with one attached hydrogen (secondary N) is 2. The summed E-state index contributed by atoms with van der Waals surface area (Å²) in [5.41, 5.74) is -0.921. The number of hydrogen-bond donors (Lipinski definition) is 5. The van der Waals surface area contributed by atoms with Crippen LogP contribution in [0.25, 0.3) is 0 Å². The largest absolute Gasteiger partial charge is 0.469 e. The molecule has 2 aromatic rings. The van der Waals surface area contributed by atoms with Gasteiger partial charge in [0.2, 0.25) is 0 Å². The quantitative estimate of drug-likeness (QED) is 0.242. The van der Waals surface area contributed by atoms with E-state index in [1.54, 1.807) is 0 Å². The zero-order valence-corrected chi connectivity index (χ0v) is 17.8. The summed E-state index contributed by atoms with van der Waals surface area (Å²) in [6.45, 7) is -0.290. The molecule has 0 bridgehead atoms. The lowest BCUT2D eigenvalue weighted by atomic mass is 10.1. The first-order chi connectivity index (χ1) is 15.1. The van der Waals surface area contributed by atoms with E-state index >= 15 is 0 Å². The molecule has 1 aromatic carbocycles. The zero-order valence-electron chi connectivity index (χ0n) is 16.9. The average Bonchev–Trinajstić information content (AvgIpc) is 3.10. The van der Waals surface area contributed by atoms with Crippen LogP contribution in [0.1, 0.15) is 35.0 Å². The Morgan fingerprint density at radius 1 is 1.28 bits per heavy atom. The van der Waals surface area contributed by atoms with Gasteiger partial charge in [0.05, 0.1) is 12.7 Å². The summed E-state index contributed by atoms with van der Waals surface area (Å²) >= 11 is 0. The second-order valence-electron chi connectivity index (χ2n) is 7.27. The number of phosphoric ester groups is 1. The number of nitrogens with zero attached hydrogens (tertiary/aromatic N) is 1. The van der Waals surface area contributed by atoms with Crippen LogP contribution in [0, 0.1) is 0 Å². The Morgan fingerprint density at radius 3 is 2.69 bits per heavy atom. The second kappa shape index (κ2) is 10.3.